The quantitative estimate of drug-likeness (QED) is 0.614. The predicted molar refractivity (Wildman–Crippen MR) is 71.7 cm³/mol. The third kappa shape index (κ3) is 2.90. The van der Waals surface area contributed by atoms with E-state index in [0.29, 0.717) is 10.8 Å². The van der Waals surface area contributed by atoms with Crippen molar-refractivity contribution >= 4 is 38.3 Å². The zero-order chi connectivity index (χ0) is 14.9. The van der Waals surface area contributed by atoms with Gasteiger partial charge in [-0.25, -0.2) is 0 Å². The van der Waals surface area contributed by atoms with Gasteiger partial charge in [0.2, 0.25) is 5.78 Å². The summed E-state index contributed by atoms with van der Waals surface area (Å²) in [6.07, 6.45) is -6.16. The molecule has 20 heavy (non-hydrogen) atoms. The minimum absolute atomic E-state index is 0.112. The molecule has 0 radical (unpaired) electrons. The van der Waals surface area contributed by atoms with Gasteiger partial charge in [0.15, 0.2) is 5.78 Å². The van der Waals surface area contributed by atoms with Gasteiger partial charge in [0.25, 0.3) is 0 Å². The summed E-state index contributed by atoms with van der Waals surface area (Å²) in [7, 11) is 0. The van der Waals surface area contributed by atoms with Crippen LogP contribution in [0, 0.1) is 0 Å². The molecular weight excluding hydrogens is 337 g/mol. The number of alkyl halides is 3. The third-order valence-electron chi connectivity index (χ3n) is 2.81. The molecule has 0 spiro atoms. The van der Waals surface area contributed by atoms with Crippen molar-refractivity contribution in [3.8, 4) is 0 Å². The van der Waals surface area contributed by atoms with Crippen molar-refractivity contribution in [3.63, 3.8) is 0 Å². The van der Waals surface area contributed by atoms with Crippen LogP contribution in [0.2, 0.25) is 0 Å². The lowest BCUT2D eigenvalue weighted by atomic mass is 9.99. The molecule has 0 saturated carbocycles. The van der Waals surface area contributed by atoms with E-state index in [-0.39, 0.29) is 5.56 Å². The van der Waals surface area contributed by atoms with Crippen LogP contribution in [-0.2, 0) is 4.79 Å². The number of rotatable bonds is 3. The molecule has 0 amide bonds. The van der Waals surface area contributed by atoms with Crippen molar-refractivity contribution in [2.24, 2.45) is 0 Å². The second-order valence-corrected chi connectivity index (χ2v) is 5.02. The SMILES string of the molecule is O=C(CC(=O)C(F)(F)F)c1ccc(Br)c2ccccc12. The number of fused-ring (bicyclic) bond motifs is 1. The number of carbonyl (C=O) groups is 2. The molecule has 0 aliphatic carbocycles. The fraction of sp³-hybridized carbons (Fsp3) is 0.143. The highest BCUT2D eigenvalue weighted by atomic mass is 79.9. The van der Waals surface area contributed by atoms with Gasteiger partial charge in [0.05, 0.1) is 6.42 Å². The topological polar surface area (TPSA) is 34.1 Å². The van der Waals surface area contributed by atoms with Crippen molar-refractivity contribution in [2.45, 2.75) is 12.6 Å². The summed E-state index contributed by atoms with van der Waals surface area (Å²) in [6.45, 7) is 0. The molecule has 6 heteroatoms. The van der Waals surface area contributed by atoms with Crippen LogP contribution in [-0.4, -0.2) is 17.7 Å². The molecule has 2 aromatic rings. The minimum Gasteiger partial charge on any atom is -0.294 e. The van der Waals surface area contributed by atoms with Crippen LogP contribution in [0.4, 0.5) is 13.2 Å². The highest BCUT2D eigenvalue weighted by molar-refractivity contribution is 9.10. The zero-order valence-electron chi connectivity index (χ0n) is 10.00. The molecule has 104 valence electrons. The highest BCUT2D eigenvalue weighted by Crippen LogP contribution is 2.28. The van der Waals surface area contributed by atoms with Crippen LogP contribution in [0.25, 0.3) is 10.8 Å². The Bertz CT molecular complexity index is 692. The number of hydrogen-bond acceptors (Lipinski definition) is 2. The molecule has 0 aromatic heterocycles. The summed E-state index contributed by atoms with van der Waals surface area (Å²) in [5.74, 6) is -2.87. The zero-order valence-corrected chi connectivity index (χ0v) is 11.6. The Labute approximate surface area is 120 Å². The minimum atomic E-state index is -4.99. The predicted octanol–water partition coefficient (Wildman–Crippen LogP) is 4.31. The van der Waals surface area contributed by atoms with Gasteiger partial charge in [-0.2, -0.15) is 13.2 Å². The lowest BCUT2D eigenvalue weighted by molar-refractivity contribution is -0.170. The van der Waals surface area contributed by atoms with Gasteiger partial charge in [-0.1, -0.05) is 40.2 Å². The van der Waals surface area contributed by atoms with Crippen molar-refractivity contribution in [3.05, 3.63) is 46.4 Å². The van der Waals surface area contributed by atoms with Crippen LogP contribution >= 0.6 is 15.9 Å². The van der Waals surface area contributed by atoms with Crippen LogP contribution < -0.4 is 0 Å². The molecule has 0 unspecified atom stereocenters. The van der Waals surface area contributed by atoms with E-state index in [1.165, 1.54) is 6.07 Å². The van der Waals surface area contributed by atoms with Crippen LogP contribution in [0.15, 0.2) is 40.9 Å². The van der Waals surface area contributed by atoms with Gasteiger partial charge in [-0.3, -0.25) is 9.59 Å². The van der Waals surface area contributed by atoms with E-state index >= 15 is 0 Å². The van der Waals surface area contributed by atoms with E-state index in [0.717, 1.165) is 4.47 Å². The molecule has 2 aromatic carbocycles. The Morgan fingerprint density at radius 3 is 2.20 bits per heavy atom. The van der Waals surface area contributed by atoms with E-state index in [4.69, 9.17) is 0 Å². The molecule has 2 rings (SSSR count). The lowest BCUT2D eigenvalue weighted by Crippen LogP contribution is -2.25. The standard InChI is InChI=1S/C14H8BrF3O2/c15-11-6-5-10(8-3-1-2-4-9(8)11)12(19)7-13(20)14(16,17)18/h1-6H,7H2. The van der Waals surface area contributed by atoms with Crippen molar-refractivity contribution in [1.82, 2.24) is 0 Å². The number of hydrogen-bond donors (Lipinski definition) is 0. The van der Waals surface area contributed by atoms with Crippen molar-refractivity contribution in [1.29, 1.82) is 0 Å². The second-order valence-electron chi connectivity index (χ2n) is 4.16. The van der Waals surface area contributed by atoms with Gasteiger partial charge < -0.3 is 0 Å². The highest BCUT2D eigenvalue weighted by Gasteiger charge is 2.39. The number of ketones is 2. The Balaban J connectivity index is 2.41. The Morgan fingerprint density at radius 2 is 1.60 bits per heavy atom. The smallest absolute Gasteiger partial charge is 0.294 e. The Hall–Kier alpha value is -1.69. The third-order valence-corrected chi connectivity index (χ3v) is 3.50. The Kier molecular flexibility index (Phi) is 3.94. The summed E-state index contributed by atoms with van der Waals surface area (Å²) in [6, 6.07) is 9.79. The number of Topliss-reactive ketones (excluding diaryl/α,β-unsaturated/α-hetero) is 2. The molecule has 0 fully saturated rings. The summed E-state index contributed by atoms with van der Waals surface area (Å²) in [5, 5.41) is 1.22. The summed E-state index contributed by atoms with van der Waals surface area (Å²) in [5.41, 5.74) is 0.112. The maximum Gasteiger partial charge on any atom is 0.450 e. The normalized spacial score (nSPS) is 11.6. The van der Waals surface area contributed by atoms with Crippen molar-refractivity contribution in [2.75, 3.05) is 0 Å². The first-order valence-corrected chi connectivity index (χ1v) is 6.40. The largest absolute Gasteiger partial charge is 0.450 e. The second kappa shape index (κ2) is 5.36. The molecular formula is C14H8BrF3O2. The fourth-order valence-corrected chi connectivity index (χ4v) is 2.32. The first kappa shape index (κ1) is 14.7. The van der Waals surface area contributed by atoms with E-state index in [9.17, 15) is 22.8 Å². The molecule has 0 aliphatic heterocycles. The number of benzene rings is 2. The summed E-state index contributed by atoms with van der Waals surface area (Å²) >= 11 is 3.30. The number of halogens is 4. The van der Waals surface area contributed by atoms with Gasteiger partial charge in [0.1, 0.15) is 0 Å². The van der Waals surface area contributed by atoms with E-state index in [1.54, 1.807) is 30.3 Å². The maximum absolute atomic E-state index is 12.2. The first-order valence-electron chi connectivity index (χ1n) is 5.61. The molecule has 0 N–H and O–H groups in total. The Morgan fingerprint density at radius 1 is 1.00 bits per heavy atom. The first-order chi connectivity index (χ1) is 9.30. The molecule has 0 heterocycles. The van der Waals surface area contributed by atoms with Crippen LogP contribution in [0.1, 0.15) is 16.8 Å². The average molecular weight is 345 g/mol. The molecule has 0 bridgehead atoms. The summed E-state index contributed by atoms with van der Waals surface area (Å²) in [4.78, 5) is 22.8. The van der Waals surface area contributed by atoms with E-state index < -0.39 is 24.2 Å². The molecule has 2 nitrogen and oxygen atoms in total. The molecule has 0 saturated heterocycles. The monoisotopic (exact) mass is 344 g/mol. The van der Waals surface area contributed by atoms with Gasteiger partial charge in [-0.15, -0.1) is 0 Å². The number of carbonyl (C=O) groups excluding carboxylic acids is 2. The van der Waals surface area contributed by atoms with Gasteiger partial charge in [0, 0.05) is 10.0 Å². The average Bonchev–Trinajstić information content (AvgIpc) is 2.38. The van der Waals surface area contributed by atoms with E-state index in [1.807, 2.05) is 0 Å². The fourth-order valence-electron chi connectivity index (χ4n) is 1.85. The van der Waals surface area contributed by atoms with Crippen LogP contribution in [0.5, 0.6) is 0 Å². The molecule has 0 atom stereocenters. The van der Waals surface area contributed by atoms with Gasteiger partial charge >= 0.3 is 6.18 Å². The summed E-state index contributed by atoms with van der Waals surface area (Å²) < 4.78 is 37.3. The van der Waals surface area contributed by atoms with E-state index in [2.05, 4.69) is 15.9 Å². The van der Waals surface area contributed by atoms with Crippen molar-refractivity contribution < 1.29 is 22.8 Å². The molecule has 0 aliphatic rings. The van der Waals surface area contributed by atoms with Gasteiger partial charge in [-0.05, 0) is 22.9 Å². The lowest BCUT2D eigenvalue weighted by Gasteiger charge is -2.08. The van der Waals surface area contributed by atoms with Crippen LogP contribution in [0.3, 0.4) is 0 Å². The maximum atomic E-state index is 12.2.